The van der Waals surface area contributed by atoms with Crippen molar-refractivity contribution in [2.45, 2.75) is 57.1 Å². The first-order valence-corrected chi connectivity index (χ1v) is 9.42. The Morgan fingerprint density at radius 3 is 2.86 bits per heavy atom. The third-order valence-electron chi connectivity index (χ3n) is 4.53. The number of thioether (sulfide) groups is 1. The van der Waals surface area contributed by atoms with Crippen LogP contribution in [0.1, 0.15) is 61.0 Å². The van der Waals surface area contributed by atoms with Gasteiger partial charge in [-0.3, -0.25) is 9.48 Å². The Hall–Kier alpha value is -1.01. The molecule has 1 saturated heterocycles. The van der Waals surface area contributed by atoms with Crippen LogP contribution in [0.4, 0.5) is 0 Å². The maximum atomic E-state index is 12.5. The highest BCUT2D eigenvalue weighted by atomic mass is 32.2. The van der Waals surface area contributed by atoms with E-state index in [-0.39, 0.29) is 5.91 Å². The van der Waals surface area contributed by atoms with Gasteiger partial charge in [-0.15, -0.1) is 0 Å². The van der Waals surface area contributed by atoms with Crippen molar-refractivity contribution < 1.29 is 9.90 Å². The van der Waals surface area contributed by atoms with Crippen molar-refractivity contribution in [1.82, 2.24) is 15.1 Å². The summed E-state index contributed by atoms with van der Waals surface area (Å²) < 4.78 is 1.98. The quantitative estimate of drug-likeness (QED) is 0.842. The maximum absolute atomic E-state index is 12.5. The van der Waals surface area contributed by atoms with E-state index >= 15 is 0 Å². The van der Waals surface area contributed by atoms with Gasteiger partial charge in [0, 0.05) is 19.0 Å². The smallest absolute Gasteiger partial charge is 0.254 e. The zero-order valence-electron chi connectivity index (χ0n) is 13.2. The van der Waals surface area contributed by atoms with Crippen LogP contribution in [0.3, 0.4) is 0 Å². The average molecular weight is 323 g/mol. The summed E-state index contributed by atoms with van der Waals surface area (Å²) >= 11 is 1.87. The Bertz CT molecular complexity index is 533. The van der Waals surface area contributed by atoms with E-state index in [0.29, 0.717) is 18.0 Å². The Labute approximate surface area is 135 Å². The summed E-state index contributed by atoms with van der Waals surface area (Å²) in [6.45, 7) is 3.32. The fourth-order valence-electron chi connectivity index (χ4n) is 3.02. The highest BCUT2D eigenvalue weighted by Gasteiger charge is 2.34. The van der Waals surface area contributed by atoms with Crippen molar-refractivity contribution in [3.63, 3.8) is 0 Å². The van der Waals surface area contributed by atoms with Crippen LogP contribution in [0.25, 0.3) is 0 Å². The van der Waals surface area contributed by atoms with Gasteiger partial charge < -0.3 is 10.4 Å². The third kappa shape index (κ3) is 3.49. The molecule has 1 aliphatic carbocycles. The predicted molar refractivity (Wildman–Crippen MR) is 88.3 cm³/mol. The molecule has 2 fully saturated rings. The van der Waals surface area contributed by atoms with Crippen molar-refractivity contribution in [3.05, 3.63) is 17.5 Å². The number of nitrogens with zero attached hydrogens (tertiary/aromatic N) is 2. The van der Waals surface area contributed by atoms with E-state index in [4.69, 9.17) is 0 Å². The van der Waals surface area contributed by atoms with Crippen molar-refractivity contribution in [1.29, 1.82) is 0 Å². The number of carbonyl (C=O) groups excluding carboxylic acids is 1. The molecule has 0 aromatic carbocycles. The van der Waals surface area contributed by atoms with Crippen LogP contribution >= 0.6 is 11.8 Å². The van der Waals surface area contributed by atoms with Gasteiger partial charge in [0.2, 0.25) is 0 Å². The van der Waals surface area contributed by atoms with Crippen molar-refractivity contribution in [2.75, 3.05) is 18.1 Å². The Balaban J connectivity index is 1.67. The highest BCUT2D eigenvalue weighted by molar-refractivity contribution is 7.99. The number of hydrogen-bond acceptors (Lipinski definition) is 4. The van der Waals surface area contributed by atoms with E-state index in [1.165, 1.54) is 0 Å². The molecule has 2 aliphatic rings. The molecule has 0 radical (unpaired) electrons. The molecule has 1 aromatic rings. The summed E-state index contributed by atoms with van der Waals surface area (Å²) in [6.07, 6.45) is 6.51. The van der Waals surface area contributed by atoms with Crippen molar-refractivity contribution in [3.8, 4) is 0 Å². The second kappa shape index (κ2) is 6.62. The van der Waals surface area contributed by atoms with Gasteiger partial charge in [-0.05, 0) is 43.6 Å². The predicted octanol–water partition coefficient (Wildman–Crippen LogP) is 2.16. The first kappa shape index (κ1) is 15.9. The van der Waals surface area contributed by atoms with E-state index < -0.39 is 5.60 Å². The van der Waals surface area contributed by atoms with Gasteiger partial charge >= 0.3 is 0 Å². The minimum Gasteiger partial charge on any atom is -0.388 e. The molecule has 22 heavy (non-hydrogen) atoms. The Morgan fingerprint density at radius 2 is 2.23 bits per heavy atom. The molecule has 0 spiro atoms. The van der Waals surface area contributed by atoms with Gasteiger partial charge in [-0.2, -0.15) is 16.9 Å². The second-order valence-electron chi connectivity index (χ2n) is 6.46. The summed E-state index contributed by atoms with van der Waals surface area (Å²) in [7, 11) is 0. The van der Waals surface area contributed by atoms with E-state index in [1.54, 1.807) is 6.20 Å². The molecule has 1 aliphatic heterocycles. The average Bonchev–Trinajstić information content (AvgIpc) is 3.27. The number of amides is 1. The Kier molecular flexibility index (Phi) is 4.78. The number of hydrogen-bond donors (Lipinski definition) is 2. The largest absolute Gasteiger partial charge is 0.388 e. The number of aromatic nitrogens is 2. The fraction of sp³-hybridized carbons (Fsp3) is 0.750. The van der Waals surface area contributed by atoms with E-state index in [0.717, 1.165) is 55.8 Å². The highest BCUT2D eigenvalue weighted by Crippen LogP contribution is 2.41. The Morgan fingerprint density at radius 1 is 1.50 bits per heavy atom. The van der Waals surface area contributed by atoms with Gasteiger partial charge in [-0.25, -0.2) is 0 Å². The first-order valence-electron chi connectivity index (χ1n) is 8.27. The number of carbonyl (C=O) groups is 1. The van der Waals surface area contributed by atoms with Gasteiger partial charge in [-0.1, -0.05) is 6.92 Å². The number of nitrogens with one attached hydrogen (secondary N) is 1. The lowest BCUT2D eigenvalue weighted by Gasteiger charge is -2.31. The van der Waals surface area contributed by atoms with Crippen LogP contribution in [0.15, 0.2) is 6.20 Å². The van der Waals surface area contributed by atoms with Crippen molar-refractivity contribution >= 4 is 17.7 Å². The normalized spacial score (nSPS) is 20.8. The van der Waals surface area contributed by atoms with Crippen LogP contribution < -0.4 is 5.32 Å². The van der Waals surface area contributed by atoms with Gasteiger partial charge in [0.15, 0.2) is 0 Å². The minimum atomic E-state index is -0.736. The molecule has 0 bridgehead atoms. The van der Waals surface area contributed by atoms with Crippen molar-refractivity contribution in [2.24, 2.45) is 0 Å². The second-order valence-corrected chi connectivity index (χ2v) is 7.69. The standard InChI is InChI=1S/C16H25N3O2S/c1-2-7-19-14(12-3-4-12)13(10-18-19)15(20)17-11-16(21)5-8-22-9-6-16/h10,12,21H,2-9,11H2,1H3,(H,17,20). The lowest BCUT2D eigenvalue weighted by molar-refractivity contribution is 0.0311. The summed E-state index contributed by atoms with van der Waals surface area (Å²) in [6, 6.07) is 0. The van der Waals surface area contributed by atoms with Gasteiger partial charge in [0.05, 0.1) is 23.1 Å². The van der Waals surface area contributed by atoms with Crippen LogP contribution in [0, 0.1) is 0 Å². The molecule has 3 rings (SSSR count). The monoisotopic (exact) mass is 323 g/mol. The van der Waals surface area contributed by atoms with Gasteiger partial charge in [0.25, 0.3) is 5.91 Å². The SMILES string of the molecule is CCCn1ncc(C(=O)NCC2(O)CCSCC2)c1C1CC1. The van der Waals surface area contributed by atoms with Crippen LogP contribution in [0.2, 0.25) is 0 Å². The molecule has 2 heterocycles. The van der Waals surface area contributed by atoms with E-state index in [9.17, 15) is 9.90 Å². The maximum Gasteiger partial charge on any atom is 0.254 e. The van der Waals surface area contributed by atoms with Gasteiger partial charge in [0.1, 0.15) is 0 Å². The summed E-state index contributed by atoms with van der Waals surface area (Å²) in [5.74, 6) is 2.34. The molecule has 1 amide bonds. The summed E-state index contributed by atoms with van der Waals surface area (Å²) in [4.78, 5) is 12.5. The number of rotatable bonds is 6. The molecule has 1 saturated carbocycles. The number of aryl methyl sites for hydroxylation is 1. The molecular formula is C16H25N3O2S. The molecule has 0 unspecified atom stereocenters. The zero-order valence-corrected chi connectivity index (χ0v) is 14.0. The van der Waals surface area contributed by atoms with E-state index in [2.05, 4.69) is 17.3 Å². The lowest BCUT2D eigenvalue weighted by atomic mass is 9.97. The summed E-state index contributed by atoms with van der Waals surface area (Å²) in [5, 5.41) is 17.8. The summed E-state index contributed by atoms with van der Waals surface area (Å²) in [5.41, 5.74) is 1.05. The molecular weight excluding hydrogens is 298 g/mol. The zero-order chi connectivity index (χ0) is 15.6. The lowest BCUT2D eigenvalue weighted by Crippen LogP contribution is -2.45. The molecule has 6 heteroatoms. The first-order chi connectivity index (χ1) is 10.6. The molecule has 5 nitrogen and oxygen atoms in total. The fourth-order valence-corrected chi connectivity index (χ4v) is 4.27. The molecule has 122 valence electrons. The number of aliphatic hydroxyl groups is 1. The third-order valence-corrected chi connectivity index (χ3v) is 5.51. The van der Waals surface area contributed by atoms with Crippen LogP contribution in [0.5, 0.6) is 0 Å². The minimum absolute atomic E-state index is 0.0871. The van der Waals surface area contributed by atoms with E-state index in [1.807, 2.05) is 16.4 Å². The molecule has 2 N–H and O–H groups in total. The van der Waals surface area contributed by atoms with Crippen LogP contribution in [-0.4, -0.2) is 44.4 Å². The van der Waals surface area contributed by atoms with Crippen LogP contribution in [-0.2, 0) is 6.54 Å². The molecule has 0 atom stereocenters. The topological polar surface area (TPSA) is 67.2 Å². The molecule has 1 aromatic heterocycles.